The second-order valence-corrected chi connectivity index (χ2v) is 4.29. The molecule has 0 aliphatic heterocycles. The minimum absolute atomic E-state index is 0.0604. The van der Waals surface area contributed by atoms with Gasteiger partial charge in [0.05, 0.1) is 25.9 Å². The number of hydrogen-bond acceptors (Lipinski definition) is 6. The Bertz CT molecular complexity index is 271. The zero-order valence-corrected chi connectivity index (χ0v) is 12.1. The molecule has 19 heavy (non-hydrogen) atoms. The van der Waals surface area contributed by atoms with Crippen LogP contribution in [0.1, 0.15) is 34.1 Å². The molecule has 6 heteroatoms. The van der Waals surface area contributed by atoms with E-state index in [2.05, 4.69) is 0 Å². The minimum atomic E-state index is -1.51. The molecule has 1 unspecified atom stereocenters. The maximum Gasteiger partial charge on any atom is 0.323 e. The van der Waals surface area contributed by atoms with Crippen molar-refractivity contribution in [1.29, 1.82) is 0 Å². The van der Waals surface area contributed by atoms with Crippen molar-refractivity contribution in [2.24, 2.45) is 5.41 Å². The quantitative estimate of drug-likeness (QED) is 0.498. The zero-order valence-electron chi connectivity index (χ0n) is 12.1. The van der Waals surface area contributed by atoms with Gasteiger partial charge in [-0.1, -0.05) is 0 Å². The summed E-state index contributed by atoms with van der Waals surface area (Å²) in [6.45, 7) is 7.35. The molecule has 1 atom stereocenters. The molecule has 0 rings (SSSR count). The van der Waals surface area contributed by atoms with E-state index in [0.717, 1.165) is 0 Å². The van der Waals surface area contributed by atoms with Crippen LogP contribution in [0, 0.1) is 5.41 Å². The van der Waals surface area contributed by atoms with Crippen LogP contribution in [-0.4, -0.2) is 49.6 Å². The maximum atomic E-state index is 11.9. The molecule has 0 aromatic heterocycles. The van der Waals surface area contributed by atoms with Crippen LogP contribution in [0.25, 0.3) is 0 Å². The number of hydrogen-bond donors (Lipinski definition) is 1. The third-order valence-corrected chi connectivity index (χ3v) is 2.61. The largest absolute Gasteiger partial charge is 0.465 e. The maximum absolute atomic E-state index is 11.9. The van der Waals surface area contributed by atoms with Gasteiger partial charge >= 0.3 is 11.9 Å². The van der Waals surface area contributed by atoms with Crippen LogP contribution < -0.4 is 0 Å². The second kappa shape index (κ2) is 8.87. The molecule has 0 aromatic carbocycles. The topological polar surface area (TPSA) is 82.1 Å². The van der Waals surface area contributed by atoms with Crippen molar-refractivity contribution in [3.05, 3.63) is 0 Å². The van der Waals surface area contributed by atoms with Gasteiger partial charge in [0.25, 0.3) is 0 Å². The summed E-state index contributed by atoms with van der Waals surface area (Å²) in [6, 6.07) is 0. The fourth-order valence-electron chi connectivity index (χ4n) is 1.61. The van der Waals surface area contributed by atoms with Gasteiger partial charge in [0.2, 0.25) is 0 Å². The average molecular weight is 276 g/mol. The van der Waals surface area contributed by atoms with E-state index in [1.54, 1.807) is 20.8 Å². The molecule has 0 aliphatic carbocycles. The van der Waals surface area contributed by atoms with Gasteiger partial charge in [0.15, 0.2) is 5.41 Å². The number of ether oxygens (including phenoxy) is 3. The first kappa shape index (κ1) is 17.9. The lowest BCUT2D eigenvalue weighted by Crippen LogP contribution is -2.43. The molecule has 0 amide bonds. The van der Waals surface area contributed by atoms with Crippen molar-refractivity contribution < 1.29 is 28.9 Å². The Labute approximate surface area is 114 Å². The summed E-state index contributed by atoms with van der Waals surface area (Å²) < 4.78 is 14.8. The van der Waals surface area contributed by atoms with Gasteiger partial charge in [-0.3, -0.25) is 9.59 Å². The Morgan fingerprint density at radius 2 is 1.53 bits per heavy atom. The molecule has 0 aromatic rings. The molecular formula is C13H24O6. The van der Waals surface area contributed by atoms with Crippen LogP contribution in [0.3, 0.4) is 0 Å². The number of carbonyl (C=O) groups is 2. The second-order valence-electron chi connectivity index (χ2n) is 4.29. The molecule has 0 fully saturated rings. The fraction of sp³-hybridized carbons (Fsp3) is 0.846. The first-order chi connectivity index (χ1) is 8.92. The molecule has 0 heterocycles. The first-order valence-electron chi connectivity index (χ1n) is 6.52. The van der Waals surface area contributed by atoms with E-state index in [4.69, 9.17) is 14.2 Å². The summed E-state index contributed by atoms with van der Waals surface area (Å²) in [5.41, 5.74) is -1.51. The third kappa shape index (κ3) is 5.57. The molecule has 112 valence electrons. The number of esters is 2. The molecule has 1 N–H and O–H groups in total. The lowest BCUT2D eigenvalue weighted by Gasteiger charge is -2.27. The zero-order chi connectivity index (χ0) is 14.9. The van der Waals surface area contributed by atoms with Crippen molar-refractivity contribution in [2.75, 3.05) is 26.4 Å². The van der Waals surface area contributed by atoms with E-state index in [1.165, 1.54) is 6.92 Å². The number of rotatable bonds is 9. The molecule has 6 nitrogen and oxygen atoms in total. The Kier molecular flexibility index (Phi) is 8.34. The Balaban J connectivity index is 4.84. The fourth-order valence-corrected chi connectivity index (χ4v) is 1.61. The predicted octanol–water partition coefficient (Wildman–Crippen LogP) is 0.906. The molecule has 0 aliphatic rings. The smallest absolute Gasteiger partial charge is 0.323 e. The van der Waals surface area contributed by atoms with Crippen LogP contribution in [0.4, 0.5) is 0 Å². The molecule has 0 radical (unpaired) electrons. The Morgan fingerprint density at radius 3 is 1.89 bits per heavy atom. The first-order valence-corrected chi connectivity index (χ1v) is 6.52. The monoisotopic (exact) mass is 276 g/mol. The van der Waals surface area contributed by atoms with Gasteiger partial charge in [-0.2, -0.15) is 0 Å². The molecular weight excluding hydrogens is 252 g/mol. The highest BCUT2D eigenvalue weighted by molar-refractivity contribution is 5.99. The molecule has 0 spiro atoms. The van der Waals surface area contributed by atoms with Crippen LogP contribution in [-0.2, 0) is 23.8 Å². The summed E-state index contributed by atoms with van der Waals surface area (Å²) >= 11 is 0. The highest BCUT2D eigenvalue weighted by Gasteiger charge is 2.45. The van der Waals surface area contributed by atoms with Crippen molar-refractivity contribution >= 4 is 11.9 Å². The van der Waals surface area contributed by atoms with Crippen molar-refractivity contribution in [2.45, 2.75) is 40.2 Å². The molecule has 0 saturated heterocycles. The number of aliphatic hydroxyl groups is 1. The summed E-state index contributed by atoms with van der Waals surface area (Å²) in [6.07, 6.45) is -1.02. The van der Waals surface area contributed by atoms with Gasteiger partial charge in [-0.15, -0.1) is 0 Å². The van der Waals surface area contributed by atoms with Gasteiger partial charge in [0, 0.05) is 13.0 Å². The van der Waals surface area contributed by atoms with Gasteiger partial charge in [-0.25, -0.2) is 0 Å². The number of carbonyl (C=O) groups excluding carboxylic acids is 2. The summed E-state index contributed by atoms with van der Waals surface area (Å²) in [4.78, 5) is 23.8. The van der Waals surface area contributed by atoms with Crippen molar-refractivity contribution in [1.82, 2.24) is 0 Å². The highest BCUT2D eigenvalue weighted by Crippen LogP contribution is 2.27. The highest BCUT2D eigenvalue weighted by atomic mass is 16.6. The molecule has 0 bridgehead atoms. The SMILES string of the molecule is CCOCC(O)CC(C)(C(=O)OCC)C(=O)OCC. The molecule has 0 saturated carbocycles. The summed E-state index contributed by atoms with van der Waals surface area (Å²) in [7, 11) is 0. The Hall–Kier alpha value is -1.14. The van der Waals surface area contributed by atoms with Gasteiger partial charge in [0.1, 0.15) is 0 Å². The van der Waals surface area contributed by atoms with E-state index >= 15 is 0 Å². The van der Waals surface area contributed by atoms with Gasteiger partial charge in [-0.05, 0) is 27.7 Å². The van der Waals surface area contributed by atoms with E-state index in [9.17, 15) is 14.7 Å². The summed E-state index contributed by atoms with van der Waals surface area (Å²) in [5, 5.41) is 9.81. The lowest BCUT2D eigenvalue weighted by atomic mass is 9.84. The van der Waals surface area contributed by atoms with E-state index in [-0.39, 0.29) is 26.2 Å². The third-order valence-electron chi connectivity index (χ3n) is 2.61. The van der Waals surface area contributed by atoms with Crippen molar-refractivity contribution in [3.63, 3.8) is 0 Å². The van der Waals surface area contributed by atoms with E-state index in [1.807, 2.05) is 0 Å². The average Bonchev–Trinajstić information content (AvgIpc) is 2.36. The Morgan fingerprint density at radius 1 is 1.05 bits per heavy atom. The van der Waals surface area contributed by atoms with E-state index in [0.29, 0.717) is 6.61 Å². The summed E-state index contributed by atoms with van der Waals surface area (Å²) in [5.74, 6) is -1.38. The standard InChI is InChI=1S/C13H24O6/c1-5-17-9-10(14)8-13(4,11(15)18-6-2)12(16)19-7-3/h10,14H,5-9H2,1-4H3. The predicted molar refractivity (Wildman–Crippen MR) is 68.5 cm³/mol. The normalized spacial score (nSPS) is 12.9. The van der Waals surface area contributed by atoms with E-state index < -0.39 is 23.5 Å². The van der Waals surface area contributed by atoms with Crippen LogP contribution >= 0.6 is 0 Å². The van der Waals surface area contributed by atoms with Gasteiger partial charge < -0.3 is 19.3 Å². The van der Waals surface area contributed by atoms with Crippen LogP contribution in [0.15, 0.2) is 0 Å². The number of aliphatic hydroxyl groups excluding tert-OH is 1. The minimum Gasteiger partial charge on any atom is -0.465 e. The van der Waals surface area contributed by atoms with Crippen LogP contribution in [0.5, 0.6) is 0 Å². The lowest BCUT2D eigenvalue weighted by molar-refractivity contribution is -0.173. The van der Waals surface area contributed by atoms with Crippen molar-refractivity contribution in [3.8, 4) is 0 Å². The van der Waals surface area contributed by atoms with Crippen LogP contribution in [0.2, 0.25) is 0 Å².